The molecule has 1 saturated heterocycles. The quantitative estimate of drug-likeness (QED) is 0.897. The van der Waals surface area contributed by atoms with Crippen LogP contribution in [0.4, 0.5) is 0 Å². The summed E-state index contributed by atoms with van der Waals surface area (Å²) in [6.45, 7) is 3.49. The average Bonchev–Trinajstić information content (AvgIpc) is 2.86. The Bertz CT molecular complexity index is 445. The fraction of sp³-hybridized carbons (Fsp3) is 0.562. The molecular weight excluding hydrogens is 236 g/mol. The molecule has 0 unspecified atom stereocenters. The number of rotatable bonds is 4. The molecule has 2 N–H and O–H groups in total. The van der Waals surface area contributed by atoms with Gasteiger partial charge in [-0.15, -0.1) is 0 Å². The lowest BCUT2D eigenvalue weighted by atomic mass is 9.58. The number of amides is 1. The molecular formula is C16H22N2O. The minimum atomic E-state index is -0.132. The summed E-state index contributed by atoms with van der Waals surface area (Å²) in [7, 11) is 0. The number of likely N-dealkylation sites (tertiary alicyclic amines) is 1. The molecule has 0 aromatic heterocycles. The van der Waals surface area contributed by atoms with Crippen LogP contribution >= 0.6 is 0 Å². The summed E-state index contributed by atoms with van der Waals surface area (Å²) in [5, 5.41) is 0. The summed E-state index contributed by atoms with van der Waals surface area (Å²) in [6, 6.07) is 10.6. The van der Waals surface area contributed by atoms with Gasteiger partial charge in [0, 0.05) is 17.9 Å². The third kappa shape index (κ3) is 2.39. The van der Waals surface area contributed by atoms with Crippen LogP contribution in [0.1, 0.15) is 31.2 Å². The van der Waals surface area contributed by atoms with Crippen LogP contribution in [0.3, 0.4) is 0 Å². The van der Waals surface area contributed by atoms with Crippen LogP contribution in [-0.2, 0) is 10.2 Å². The topological polar surface area (TPSA) is 46.3 Å². The third-order valence-electron chi connectivity index (χ3n) is 4.79. The summed E-state index contributed by atoms with van der Waals surface area (Å²) in [6.07, 6.45) is 4.46. The molecule has 2 aliphatic rings. The zero-order valence-electron chi connectivity index (χ0n) is 11.3. The second-order valence-corrected chi connectivity index (χ2v) is 6.14. The Balaban J connectivity index is 1.79. The maximum absolute atomic E-state index is 11.3. The van der Waals surface area contributed by atoms with Crippen LogP contribution < -0.4 is 5.73 Å². The molecule has 1 amide bonds. The molecule has 1 aliphatic carbocycles. The number of primary amides is 1. The first-order valence-corrected chi connectivity index (χ1v) is 7.27. The highest BCUT2D eigenvalue weighted by Gasteiger charge is 2.48. The van der Waals surface area contributed by atoms with Gasteiger partial charge in [-0.25, -0.2) is 0 Å². The van der Waals surface area contributed by atoms with Crippen molar-refractivity contribution in [1.82, 2.24) is 4.90 Å². The standard InChI is InChI=1S/C16H22N2O/c17-15(19)13-10-16(11-13,12-18-8-4-5-9-18)14-6-2-1-3-7-14/h1-3,6-7,13H,4-5,8-12H2,(H2,17,19). The van der Waals surface area contributed by atoms with Gasteiger partial charge in [0.2, 0.25) is 5.91 Å². The van der Waals surface area contributed by atoms with E-state index in [-0.39, 0.29) is 17.2 Å². The predicted octanol–water partition coefficient (Wildman–Crippen LogP) is 1.92. The van der Waals surface area contributed by atoms with Gasteiger partial charge < -0.3 is 10.6 Å². The maximum Gasteiger partial charge on any atom is 0.220 e. The van der Waals surface area contributed by atoms with Crippen molar-refractivity contribution in [2.24, 2.45) is 11.7 Å². The second kappa shape index (κ2) is 4.97. The Morgan fingerprint density at radius 1 is 1.21 bits per heavy atom. The first-order valence-electron chi connectivity index (χ1n) is 7.27. The van der Waals surface area contributed by atoms with Crippen molar-refractivity contribution in [3.63, 3.8) is 0 Å². The Labute approximate surface area is 114 Å². The van der Waals surface area contributed by atoms with E-state index in [4.69, 9.17) is 5.73 Å². The number of hydrogen-bond acceptors (Lipinski definition) is 2. The molecule has 3 heteroatoms. The van der Waals surface area contributed by atoms with Gasteiger partial charge in [-0.3, -0.25) is 4.79 Å². The van der Waals surface area contributed by atoms with Crippen LogP contribution in [0.2, 0.25) is 0 Å². The maximum atomic E-state index is 11.3. The van der Waals surface area contributed by atoms with E-state index in [1.807, 2.05) is 0 Å². The van der Waals surface area contributed by atoms with E-state index in [0.717, 1.165) is 19.4 Å². The van der Waals surface area contributed by atoms with Crippen LogP contribution in [0.15, 0.2) is 30.3 Å². The molecule has 1 aliphatic heterocycles. The van der Waals surface area contributed by atoms with Crippen molar-refractivity contribution in [2.75, 3.05) is 19.6 Å². The van der Waals surface area contributed by atoms with E-state index in [1.54, 1.807) is 0 Å². The number of carbonyl (C=O) groups is 1. The van der Waals surface area contributed by atoms with Crippen LogP contribution in [0.5, 0.6) is 0 Å². The van der Waals surface area contributed by atoms with E-state index < -0.39 is 0 Å². The Hall–Kier alpha value is -1.35. The van der Waals surface area contributed by atoms with E-state index in [2.05, 4.69) is 35.2 Å². The van der Waals surface area contributed by atoms with Crippen molar-refractivity contribution >= 4 is 5.91 Å². The highest BCUT2D eigenvalue weighted by molar-refractivity contribution is 5.78. The highest BCUT2D eigenvalue weighted by atomic mass is 16.1. The third-order valence-corrected chi connectivity index (χ3v) is 4.79. The molecule has 3 nitrogen and oxygen atoms in total. The van der Waals surface area contributed by atoms with E-state index in [0.29, 0.717) is 0 Å². The molecule has 0 atom stereocenters. The highest BCUT2D eigenvalue weighted by Crippen LogP contribution is 2.48. The summed E-state index contributed by atoms with van der Waals surface area (Å²) in [4.78, 5) is 13.9. The van der Waals surface area contributed by atoms with E-state index in [9.17, 15) is 4.79 Å². The molecule has 3 rings (SSSR count). The lowest BCUT2D eigenvalue weighted by molar-refractivity contribution is -0.127. The van der Waals surface area contributed by atoms with Gasteiger partial charge >= 0.3 is 0 Å². The van der Waals surface area contributed by atoms with Gasteiger partial charge in [0.1, 0.15) is 0 Å². The monoisotopic (exact) mass is 258 g/mol. The van der Waals surface area contributed by atoms with Gasteiger partial charge in [0.25, 0.3) is 0 Å². The molecule has 0 spiro atoms. The summed E-state index contributed by atoms with van der Waals surface area (Å²) < 4.78 is 0. The first-order chi connectivity index (χ1) is 9.20. The summed E-state index contributed by atoms with van der Waals surface area (Å²) in [5.74, 6) is -0.0595. The Morgan fingerprint density at radius 3 is 2.42 bits per heavy atom. The van der Waals surface area contributed by atoms with Crippen molar-refractivity contribution in [2.45, 2.75) is 31.1 Å². The molecule has 2 fully saturated rings. The van der Waals surface area contributed by atoms with Crippen LogP contribution in [0, 0.1) is 5.92 Å². The molecule has 1 saturated carbocycles. The van der Waals surface area contributed by atoms with Gasteiger partial charge in [-0.2, -0.15) is 0 Å². The van der Waals surface area contributed by atoms with Gasteiger partial charge in [-0.05, 0) is 44.3 Å². The Kier molecular flexibility index (Phi) is 3.31. The number of carbonyl (C=O) groups excluding carboxylic acids is 1. The fourth-order valence-corrected chi connectivity index (χ4v) is 3.70. The zero-order chi connectivity index (χ0) is 13.3. The number of hydrogen-bond donors (Lipinski definition) is 1. The van der Waals surface area contributed by atoms with Crippen molar-refractivity contribution < 1.29 is 4.79 Å². The lowest BCUT2D eigenvalue weighted by Crippen LogP contribution is -2.52. The first kappa shape index (κ1) is 12.7. The molecule has 1 aromatic carbocycles. The minimum Gasteiger partial charge on any atom is -0.369 e. The van der Waals surface area contributed by atoms with Gasteiger partial charge in [0.15, 0.2) is 0 Å². The van der Waals surface area contributed by atoms with Gasteiger partial charge in [0.05, 0.1) is 0 Å². The Morgan fingerprint density at radius 2 is 1.84 bits per heavy atom. The average molecular weight is 258 g/mol. The SMILES string of the molecule is NC(=O)C1CC(CN2CCCC2)(c2ccccc2)C1. The molecule has 0 bridgehead atoms. The fourth-order valence-electron chi connectivity index (χ4n) is 3.70. The molecule has 1 heterocycles. The van der Waals surface area contributed by atoms with Crippen molar-refractivity contribution in [3.8, 4) is 0 Å². The van der Waals surface area contributed by atoms with E-state index >= 15 is 0 Å². The minimum absolute atomic E-state index is 0.0720. The number of benzene rings is 1. The molecule has 102 valence electrons. The molecule has 1 aromatic rings. The predicted molar refractivity (Wildman–Crippen MR) is 75.7 cm³/mol. The summed E-state index contributed by atoms with van der Waals surface area (Å²) >= 11 is 0. The smallest absolute Gasteiger partial charge is 0.220 e. The van der Waals surface area contributed by atoms with Crippen molar-refractivity contribution in [3.05, 3.63) is 35.9 Å². The normalized spacial score (nSPS) is 31.1. The zero-order valence-corrected chi connectivity index (χ0v) is 11.3. The molecule has 19 heavy (non-hydrogen) atoms. The number of nitrogens with zero attached hydrogens (tertiary/aromatic N) is 1. The summed E-state index contributed by atoms with van der Waals surface area (Å²) in [5.41, 5.74) is 6.99. The van der Waals surface area contributed by atoms with Crippen LogP contribution in [0.25, 0.3) is 0 Å². The van der Waals surface area contributed by atoms with Gasteiger partial charge in [-0.1, -0.05) is 30.3 Å². The molecule has 0 radical (unpaired) electrons. The number of nitrogens with two attached hydrogens (primary N) is 1. The largest absolute Gasteiger partial charge is 0.369 e. The lowest BCUT2D eigenvalue weighted by Gasteiger charge is -2.49. The van der Waals surface area contributed by atoms with E-state index in [1.165, 1.54) is 31.5 Å². The second-order valence-electron chi connectivity index (χ2n) is 6.14. The van der Waals surface area contributed by atoms with Crippen molar-refractivity contribution in [1.29, 1.82) is 0 Å². The van der Waals surface area contributed by atoms with Crippen LogP contribution in [-0.4, -0.2) is 30.4 Å².